The highest BCUT2D eigenvalue weighted by atomic mass is 16.5. The molecule has 1 rings (SSSR count). The zero-order valence-corrected chi connectivity index (χ0v) is 6.85. The minimum absolute atomic E-state index is 0.256. The van der Waals surface area contributed by atoms with Gasteiger partial charge in [0, 0.05) is 13.0 Å². The second-order valence-corrected chi connectivity index (χ2v) is 2.46. The first-order valence-corrected chi connectivity index (χ1v) is 3.50. The van der Waals surface area contributed by atoms with Crippen LogP contribution in [-0.4, -0.2) is 16.9 Å². The summed E-state index contributed by atoms with van der Waals surface area (Å²) in [5.41, 5.74) is -0.611. The second-order valence-electron chi connectivity index (χ2n) is 2.46. The van der Waals surface area contributed by atoms with Crippen LogP contribution in [0.5, 0.6) is 0 Å². The molecule has 0 saturated heterocycles. The molecule has 13 heavy (non-hydrogen) atoms. The van der Waals surface area contributed by atoms with Gasteiger partial charge in [-0.1, -0.05) is 0 Å². The van der Waals surface area contributed by atoms with Gasteiger partial charge in [-0.15, -0.1) is 0 Å². The van der Waals surface area contributed by atoms with Crippen molar-refractivity contribution in [2.24, 2.45) is 0 Å². The van der Waals surface area contributed by atoms with Crippen molar-refractivity contribution >= 4 is 11.8 Å². The summed E-state index contributed by atoms with van der Waals surface area (Å²) in [6, 6.07) is 2.50. The summed E-state index contributed by atoms with van der Waals surface area (Å²) in [5, 5.41) is 19.7. The molecule has 0 amide bonds. The third-order valence-electron chi connectivity index (χ3n) is 1.52. The van der Waals surface area contributed by atoms with Gasteiger partial charge in [0.25, 0.3) is 5.69 Å². The summed E-state index contributed by atoms with van der Waals surface area (Å²) in [6.45, 7) is 1.15. The number of aromatic nitrogens is 1. The summed E-state index contributed by atoms with van der Waals surface area (Å²) in [6.07, 6.45) is 1.09. The van der Waals surface area contributed by atoms with E-state index >= 15 is 0 Å². The molecule has 0 aliphatic rings. The van der Waals surface area contributed by atoms with E-state index in [0.717, 1.165) is 13.1 Å². The quantitative estimate of drug-likeness (QED) is 0.402. The Kier molecular flexibility index (Phi) is 2.27. The van der Waals surface area contributed by atoms with E-state index in [1.165, 1.54) is 12.1 Å². The Bertz CT molecular complexity index is 372. The van der Waals surface area contributed by atoms with E-state index in [1.807, 2.05) is 0 Å². The van der Waals surface area contributed by atoms with Crippen molar-refractivity contribution in [3.05, 3.63) is 34.8 Å². The molecular formula is C8H7NO4. The van der Waals surface area contributed by atoms with Crippen LogP contribution < -0.4 is 4.73 Å². The van der Waals surface area contributed by atoms with Crippen LogP contribution in [-0.2, 0) is 0 Å². The lowest BCUT2D eigenvalue weighted by Gasteiger charge is -2.02. The largest absolute Gasteiger partial charge is 0.618 e. The van der Waals surface area contributed by atoms with E-state index in [0.29, 0.717) is 0 Å². The normalized spacial score (nSPS) is 9.62. The molecule has 1 N–H and O–H groups in total. The van der Waals surface area contributed by atoms with E-state index in [-0.39, 0.29) is 16.0 Å². The van der Waals surface area contributed by atoms with Crippen molar-refractivity contribution in [3.63, 3.8) is 0 Å². The lowest BCUT2D eigenvalue weighted by molar-refractivity contribution is -0.607. The first kappa shape index (κ1) is 9.18. The number of carboxylic acid groups (broad SMARTS) is 1. The van der Waals surface area contributed by atoms with Crippen molar-refractivity contribution in [2.75, 3.05) is 0 Å². The fraction of sp³-hybridized carbons (Fsp3) is 0.125. The maximum absolute atomic E-state index is 11.0. The van der Waals surface area contributed by atoms with Gasteiger partial charge in [-0.05, 0) is 6.07 Å². The number of pyridine rings is 1. The lowest BCUT2D eigenvalue weighted by Crippen LogP contribution is -2.35. The van der Waals surface area contributed by atoms with Gasteiger partial charge in [-0.25, -0.2) is 4.79 Å². The number of hydrogen-bond donors (Lipinski definition) is 1. The predicted molar refractivity (Wildman–Crippen MR) is 42.4 cm³/mol. The monoisotopic (exact) mass is 181 g/mol. The molecule has 0 aliphatic heterocycles. The molecule has 0 radical (unpaired) electrons. The zero-order chi connectivity index (χ0) is 10.0. The van der Waals surface area contributed by atoms with Crippen LogP contribution in [0.4, 0.5) is 0 Å². The highest BCUT2D eigenvalue weighted by molar-refractivity contribution is 6.02. The zero-order valence-electron chi connectivity index (χ0n) is 6.85. The molecule has 1 aromatic heterocycles. The molecule has 1 aromatic rings. The van der Waals surface area contributed by atoms with Crippen LogP contribution in [0.25, 0.3) is 0 Å². The standard InChI is InChI=1S/C8H7NO4/c1-5(10)7-6(8(11)12)3-2-4-9(7)13/h2-4H,1H3,(H,11,12). The number of hydrogen-bond acceptors (Lipinski definition) is 3. The SMILES string of the molecule is CC(=O)c1c(C(=O)O)ccc[n+]1[O-]. The summed E-state index contributed by atoms with van der Waals surface area (Å²) < 4.78 is 0.256. The summed E-state index contributed by atoms with van der Waals surface area (Å²) in [7, 11) is 0. The second kappa shape index (κ2) is 3.22. The Morgan fingerprint density at radius 3 is 2.54 bits per heavy atom. The van der Waals surface area contributed by atoms with Gasteiger partial charge in [0.15, 0.2) is 6.20 Å². The van der Waals surface area contributed by atoms with Crippen molar-refractivity contribution in [1.29, 1.82) is 0 Å². The lowest BCUT2D eigenvalue weighted by atomic mass is 10.1. The number of nitrogens with zero attached hydrogens (tertiary/aromatic N) is 1. The smallest absolute Gasteiger partial charge is 0.342 e. The number of carbonyl (C=O) groups is 2. The third-order valence-corrected chi connectivity index (χ3v) is 1.52. The molecule has 0 spiro atoms. The van der Waals surface area contributed by atoms with E-state index in [1.54, 1.807) is 0 Å². The van der Waals surface area contributed by atoms with Gasteiger partial charge in [0.1, 0.15) is 5.56 Å². The third kappa shape index (κ3) is 1.64. The van der Waals surface area contributed by atoms with Gasteiger partial charge in [0.05, 0.1) is 0 Å². The number of carboxylic acids is 1. The molecular weight excluding hydrogens is 174 g/mol. The summed E-state index contributed by atoms with van der Waals surface area (Å²) in [4.78, 5) is 21.5. The van der Waals surface area contributed by atoms with Crippen LogP contribution >= 0.6 is 0 Å². The van der Waals surface area contributed by atoms with Crippen LogP contribution in [0.1, 0.15) is 27.8 Å². The van der Waals surface area contributed by atoms with E-state index in [2.05, 4.69) is 0 Å². The van der Waals surface area contributed by atoms with E-state index in [9.17, 15) is 14.8 Å². The molecule has 0 atom stereocenters. The van der Waals surface area contributed by atoms with Crippen LogP contribution in [0.15, 0.2) is 18.3 Å². The van der Waals surface area contributed by atoms with Crippen molar-refractivity contribution in [2.45, 2.75) is 6.92 Å². The van der Waals surface area contributed by atoms with E-state index < -0.39 is 11.8 Å². The first-order chi connectivity index (χ1) is 6.04. The number of ketones is 1. The van der Waals surface area contributed by atoms with Crippen molar-refractivity contribution < 1.29 is 19.4 Å². The maximum Gasteiger partial charge on any atom is 0.342 e. The molecule has 68 valence electrons. The van der Waals surface area contributed by atoms with E-state index in [4.69, 9.17) is 5.11 Å². The Balaban J connectivity index is 3.43. The van der Waals surface area contributed by atoms with Gasteiger partial charge in [-0.3, -0.25) is 4.79 Å². The first-order valence-electron chi connectivity index (χ1n) is 3.50. The van der Waals surface area contributed by atoms with Crippen LogP contribution in [0.2, 0.25) is 0 Å². The highest BCUT2D eigenvalue weighted by Gasteiger charge is 2.21. The Hall–Kier alpha value is -1.91. The number of Topliss-reactive ketones (excluding diaryl/α,β-unsaturated/α-hetero) is 1. The molecule has 1 heterocycles. The Morgan fingerprint density at radius 1 is 1.54 bits per heavy atom. The summed E-state index contributed by atoms with van der Waals surface area (Å²) >= 11 is 0. The molecule has 0 aliphatic carbocycles. The maximum atomic E-state index is 11.0. The molecule has 0 saturated carbocycles. The molecule has 5 heteroatoms. The van der Waals surface area contributed by atoms with Gasteiger partial charge in [-0.2, -0.15) is 4.73 Å². The fourth-order valence-electron chi connectivity index (χ4n) is 1.01. The number of carbonyl (C=O) groups excluding carboxylic acids is 1. The van der Waals surface area contributed by atoms with Crippen LogP contribution in [0.3, 0.4) is 0 Å². The molecule has 0 aromatic carbocycles. The minimum Gasteiger partial charge on any atom is -0.618 e. The average Bonchev–Trinajstić information content (AvgIpc) is 2.02. The Labute approximate surface area is 73.8 Å². The van der Waals surface area contributed by atoms with Gasteiger partial charge >= 0.3 is 5.97 Å². The minimum atomic E-state index is -1.28. The van der Waals surface area contributed by atoms with Gasteiger partial charge < -0.3 is 10.3 Å². The molecule has 0 bridgehead atoms. The topological polar surface area (TPSA) is 81.3 Å². The van der Waals surface area contributed by atoms with Crippen molar-refractivity contribution in [1.82, 2.24) is 0 Å². The van der Waals surface area contributed by atoms with Crippen molar-refractivity contribution in [3.8, 4) is 0 Å². The Morgan fingerprint density at radius 2 is 2.15 bits per heavy atom. The number of aromatic carboxylic acids is 1. The molecule has 0 unspecified atom stereocenters. The predicted octanol–water partition coefficient (Wildman–Crippen LogP) is 0.221. The molecule has 0 fully saturated rings. The van der Waals surface area contributed by atoms with Gasteiger partial charge in [0.2, 0.25) is 5.78 Å². The van der Waals surface area contributed by atoms with Crippen LogP contribution in [0, 0.1) is 5.21 Å². The highest BCUT2D eigenvalue weighted by Crippen LogP contribution is 2.03. The number of rotatable bonds is 2. The average molecular weight is 181 g/mol. The molecule has 5 nitrogen and oxygen atoms in total. The fourth-order valence-corrected chi connectivity index (χ4v) is 1.01. The summed E-state index contributed by atoms with van der Waals surface area (Å²) in [5.74, 6) is -1.84.